The first-order valence-electron chi connectivity index (χ1n) is 5.91. The summed E-state index contributed by atoms with van der Waals surface area (Å²) >= 11 is 0. The largest absolute Gasteiger partial charge is 0.481 e. The van der Waals surface area contributed by atoms with E-state index in [-0.39, 0.29) is 18.7 Å². The first kappa shape index (κ1) is 13.1. The number of rotatable bonds is 5. The van der Waals surface area contributed by atoms with Crippen molar-refractivity contribution in [3.05, 3.63) is 30.5 Å². The second-order valence-corrected chi connectivity index (χ2v) is 4.31. The van der Waals surface area contributed by atoms with Gasteiger partial charge in [0.25, 0.3) is 0 Å². The van der Waals surface area contributed by atoms with Crippen molar-refractivity contribution >= 4 is 28.5 Å². The standard InChI is InChI=1S/C13H15N3O3/c14-10(2-4-12(17)18)13(19)16-9-1-3-11-8(7-9)5-6-15-11/h1,3,5-7,10,15H,2,4,14H2,(H,16,19)(H,17,18). The molecule has 0 radical (unpaired) electrons. The highest BCUT2D eigenvalue weighted by molar-refractivity contribution is 5.96. The van der Waals surface area contributed by atoms with Crippen molar-refractivity contribution in [1.82, 2.24) is 4.98 Å². The number of hydrogen-bond donors (Lipinski definition) is 4. The number of aromatic nitrogens is 1. The van der Waals surface area contributed by atoms with Gasteiger partial charge in [0.05, 0.1) is 6.04 Å². The number of amides is 1. The van der Waals surface area contributed by atoms with Gasteiger partial charge >= 0.3 is 5.97 Å². The minimum atomic E-state index is -0.961. The molecule has 0 aliphatic heterocycles. The molecular weight excluding hydrogens is 246 g/mol. The average molecular weight is 261 g/mol. The van der Waals surface area contributed by atoms with Crippen LogP contribution in [0.15, 0.2) is 30.5 Å². The lowest BCUT2D eigenvalue weighted by molar-refractivity contribution is -0.137. The van der Waals surface area contributed by atoms with Gasteiger partial charge in [0.1, 0.15) is 0 Å². The monoisotopic (exact) mass is 261 g/mol. The van der Waals surface area contributed by atoms with Gasteiger partial charge in [-0.2, -0.15) is 0 Å². The maximum absolute atomic E-state index is 11.8. The lowest BCUT2D eigenvalue weighted by atomic mass is 10.1. The van der Waals surface area contributed by atoms with Crippen LogP contribution in [0.3, 0.4) is 0 Å². The van der Waals surface area contributed by atoms with Gasteiger partial charge in [-0.05, 0) is 30.7 Å². The Labute approximate surface area is 109 Å². The Morgan fingerprint density at radius 2 is 2.16 bits per heavy atom. The molecule has 0 bridgehead atoms. The third-order valence-electron chi connectivity index (χ3n) is 2.83. The van der Waals surface area contributed by atoms with Crippen LogP contribution in [0.2, 0.25) is 0 Å². The number of fused-ring (bicyclic) bond motifs is 1. The van der Waals surface area contributed by atoms with Crippen molar-refractivity contribution in [2.75, 3.05) is 5.32 Å². The molecule has 100 valence electrons. The summed E-state index contributed by atoms with van der Waals surface area (Å²) in [5, 5.41) is 12.2. The fourth-order valence-corrected chi connectivity index (χ4v) is 1.78. The molecule has 2 rings (SSSR count). The molecule has 1 aromatic heterocycles. The molecule has 0 saturated carbocycles. The smallest absolute Gasteiger partial charge is 0.303 e. The molecule has 1 heterocycles. The number of carbonyl (C=O) groups excluding carboxylic acids is 1. The number of carboxylic acid groups (broad SMARTS) is 1. The molecule has 0 saturated heterocycles. The van der Waals surface area contributed by atoms with Crippen molar-refractivity contribution in [1.29, 1.82) is 0 Å². The molecule has 6 heteroatoms. The topological polar surface area (TPSA) is 108 Å². The summed E-state index contributed by atoms with van der Waals surface area (Å²) < 4.78 is 0. The van der Waals surface area contributed by atoms with E-state index in [0.29, 0.717) is 5.69 Å². The zero-order valence-electron chi connectivity index (χ0n) is 10.2. The lowest BCUT2D eigenvalue weighted by Crippen LogP contribution is -2.36. The highest BCUT2D eigenvalue weighted by atomic mass is 16.4. The van der Waals surface area contributed by atoms with Crippen LogP contribution < -0.4 is 11.1 Å². The van der Waals surface area contributed by atoms with E-state index in [4.69, 9.17) is 10.8 Å². The van der Waals surface area contributed by atoms with Crippen LogP contribution in [0, 0.1) is 0 Å². The molecule has 1 aromatic carbocycles. The van der Waals surface area contributed by atoms with Crippen molar-refractivity contribution in [3.63, 3.8) is 0 Å². The lowest BCUT2D eigenvalue weighted by Gasteiger charge is -2.11. The van der Waals surface area contributed by atoms with Gasteiger partial charge in [0.2, 0.25) is 5.91 Å². The van der Waals surface area contributed by atoms with Crippen LogP contribution in [0.5, 0.6) is 0 Å². The zero-order chi connectivity index (χ0) is 13.8. The summed E-state index contributed by atoms with van der Waals surface area (Å²) in [7, 11) is 0. The zero-order valence-corrected chi connectivity index (χ0v) is 10.2. The summed E-state index contributed by atoms with van der Waals surface area (Å²) in [6, 6.07) is 6.52. The van der Waals surface area contributed by atoms with E-state index in [1.807, 2.05) is 24.4 Å². The molecule has 6 nitrogen and oxygen atoms in total. The highest BCUT2D eigenvalue weighted by Crippen LogP contribution is 2.18. The number of carbonyl (C=O) groups is 2. The minimum absolute atomic E-state index is 0.119. The molecule has 1 unspecified atom stereocenters. The number of benzene rings is 1. The number of hydrogen-bond acceptors (Lipinski definition) is 3. The number of anilines is 1. The number of aliphatic carboxylic acids is 1. The Morgan fingerprint density at radius 1 is 1.37 bits per heavy atom. The molecule has 0 spiro atoms. The van der Waals surface area contributed by atoms with Gasteiger partial charge in [-0.3, -0.25) is 9.59 Å². The van der Waals surface area contributed by atoms with E-state index in [1.165, 1.54) is 0 Å². The first-order valence-corrected chi connectivity index (χ1v) is 5.91. The number of nitrogens with one attached hydrogen (secondary N) is 2. The van der Waals surface area contributed by atoms with Crippen molar-refractivity contribution in [3.8, 4) is 0 Å². The van der Waals surface area contributed by atoms with Crippen molar-refractivity contribution in [2.45, 2.75) is 18.9 Å². The van der Waals surface area contributed by atoms with Crippen molar-refractivity contribution in [2.24, 2.45) is 5.73 Å². The first-order chi connectivity index (χ1) is 9.06. The fourth-order valence-electron chi connectivity index (χ4n) is 1.78. The van der Waals surface area contributed by atoms with Crippen LogP contribution in [0.1, 0.15) is 12.8 Å². The van der Waals surface area contributed by atoms with E-state index in [1.54, 1.807) is 6.07 Å². The molecule has 0 aliphatic carbocycles. The second kappa shape index (κ2) is 5.53. The van der Waals surface area contributed by atoms with Crippen LogP contribution in [0.4, 0.5) is 5.69 Å². The molecule has 0 fully saturated rings. The Morgan fingerprint density at radius 3 is 2.89 bits per heavy atom. The molecule has 19 heavy (non-hydrogen) atoms. The van der Waals surface area contributed by atoms with E-state index in [2.05, 4.69) is 10.3 Å². The maximum atomic E-state index is 11.8. The Bertz CT molecular complexity index is 606. The summed E-state index contributed by atoms with van der Waals surface area (Å²) in [6.45, 7) is 0. The number of nitrogens with two attached hydrogens (primary N) is 1. The fraction of sp³-hybridized carbons (Fsp3) is 0.231. The van der Waals surface area contributed by atoms with Gasteiger partial charge < -0.3 is 21.1 Å². The molecule has 0 aliphatic rings. The summed E-state index contributed by atoms with van der Waals surface area (Å²) in [4.78, 5) is 25.2. The van der Waals surface area contributed by atoms with Crippen LogP contribution >= 0.6 is 0 Å². The van der Waals surface area contributed by atoms with E-state index in [9.17, 15) is 9.59 Å². The predicted molar refractivity (Wildman–Crippen MR) is 71.8 cm³/mol. The molecule has 5 N–H and O–H groups in total. The Hall–Kier alpha value is -2.34. The van der Waals surface area contributed by atoms with E-state index in [0.717, 1.165) is 10.9 Å². The average Bonchev–Trinajstić information content (AvgIpc) is 2.83. The third kappa shape index (κ3) is 3.32. The number of aromatic amines is 1. The molecular formula is C13H15N3O3. The van der Waals surface area contributed by atoms with E-state index >= 15 is 0 Å². The minimum Gasteiger partial charge on any atom is -0.481 e. The summed E-state index contributed by atoms with van der Waals surface area (Å²) in [5.41, 5.74) is 7.25. The van der Waals surface area contributed by atoms with Gasteiger partial charge in [-0.15, -0.1) is 0 Å². The predicted octanol–water partition coefficient (Wildman–Crippen LogP) is 1.30. The number of carboxylic acids is 1. The highest BCUT2D eigenvalue weighted by Gasteiger charge is 2.15. The summed E-state index contributed by atoms with van der Waals surface area (Å²) in [5.74, 6) is -1.34. The van der Waals surface area contributed by atoms with Crippen LogP contribution in [-0.2, 0) is 9.59 Å². The second-order valence-electron chi connectivity index (χ2n) is 4.31. The van der Waals surface area contributed by atoms with Gasteiger partial charge in [-0.1, -0.05) is 0 Å². The summed E-state index contributed by atoms with van der Waals surface area (Å²) in [6.07, 6.45) is 1.81. The Kier molecular flexibility index (Phi) is 3.82. The maximum Gasteiger partial charge on any atom is 0.303 e. The quantitative estimate of drug-likeness (QED) is 0.650. The van der Waals surface area contributed by atoms with Crippen molar-refractivity contribution < 1.29 is 14.7 Å². The van der Waals surface area contributed by atoms with Gasteiger partial charge in [-0.25, -0.2) is 0 Å². The SMILES string of the molecule is NC(CCC(=O)O)C(=O)Nc1ccc2[nH]ccc2c1. The molecule has 2 aromatic rings. The molecule has 1 atom stereocenters. The Balaban J connectivity index is 1.99. The van der Waals surface area contributed by atoms with Crippen LogP contribution in [-0.4, -0.2) is 28.0 Å². The molecule has 1 amide bonds. The van der Waals surface area contributed by atoms with Crippen LogP contribution in [0.25, 0.3) is 10.9 Å². The van der Waals surface area contributed by atoms with E-state index < -0.39 is 12.0 Å². The normalized spacial score (nSPS) is 12.3. The van der Waals surface area contributed by atoms with Gasteiger partial charge in [0.15, 0.2) is 0 Å². The third-order valence-corrected chi connectivity index (χ3v) is 2.83. The van der Waals surface area contributed by atoms with Gasteiger partial charge in [0, 0.05) is 29.2 Å². The number of H-pyrrole nitrogens is 1.